The summed E-state index contributed by atoms with van der Waals surface area (Å²) < 4.78 is 0. The van der Waals surface area contributed by atoms with Crippen LogP contribution in [0.15, 0.2) is 11.6 Å². The molecule has 0 aromatic rings. The molecule has 0 aromatic heterocycles. The molecule has 13 heavy (non-hydrogen) atoms. The van der Waals surface area contributed by atoms with Gasteiger partial charge in [0.25, 0.3) is 0 Å². The molecule has 0 rings (SSSR count). The van der Waals surface area contributed by atoms with E-state index in [1.165, 1.54) is 5.57 Å². The fraction of sp³-hybridized carbons (Fsp3) is 0.818. The highest BCUT2D eigenvalue weighted by molar-refractivity contribution is 4.98. The highest BCUT2D eigenvalue weighted by Crippen LogP contribution is 1.97. The van der Waals surface area contributed by atoms with Gasteiger partial charge in [-0.25, -0.2) is 0 Å². The molecule has 0 N–H and O–H groups in total. The topological polar surface area (TPSA) is 6.48 Å². The van der Waals surface area contributed by atoms with Crippen LogP contribution in [0.2, 0.25) is 0 Å². The van der Waals surface area contributed by atoms with Gasteiger partial charge in [0, 0.05) is 19.6 Å². The lowest BCUT2D eigenvalue weighted by Crippen LogP contribution is -2.32. The van der Waals surface area contributed by atoms with Crippen molar-refractivity contribution < 1.29 is 0 Å². The van der Waals surface area contributed by atoms with Crippen LogP contribution in [0.25, 0.3) is 0 Å². The molecule has 0 aliphatic carbocycles. The zero-order valence-corrected chi connectivity index (χ0v) is 9.80. The first-order chi connectivity index (χ1) is 6.10. The van der Waals surface area contributed by atoms with Crippen molar-refractivity contribution in [3.05, 3.63) is 11.6 Å². The van der Waals surface area contributed by atoms with Gasteiger partial charge < -0.3 is 4.90 Å². The molecule has 0 amide bonds. The second-order valence-electron chi connectivity index (χ2n) is 3.81. The molecule has 0 aliphatic rings. The van der Waals surface area contributed by atoms with Crippen molar-refractivity contribution in [1.29, 1.82) is 0 Å². The molecule has 0 heterocycles. The second kappa shape index (κ2) is 7.10. The van der Waals surface area contributed by atoms with Crippen molar-refractivity contribution in [2.75, 3.05) is 40.3 Å². The molecule has 0 unspecified atom stereocenters. The van der Waals surface area contributed by atoms with Crippen LogP contribution in [0.1, 0.15) is 20.8 Å². The third-order valence-corrected chi connectivity index (χ3v) is 2.28. The van der Waals surface area contributed by atoms with Crippen LogP contribution < -0.4 is 0 Å². The first-order valence-electron chi connectivity index (χ1n) is 5.09. The molecule has 0 saturated carbocycles. The van der Waals surface area contributed by atoms with E-state index in [2.05, 4.69) is 50.7 Å². The molecule has 0 spiro atoms. The van der Waals surface area contributed by atoms with Gasteiger partial charge in [0.15, 0.2) is 0 Å². The Bertz CT molecular complexity index is 150. The standard InChI is InChI=1S/C11H24N2/c1-6-11(3)10-13(7-2)9-8-12(4)5/h6H,7-10H2,1-5H3. The van der Waals surface area contributed by atoms with Gasteiger partial charge in [0.1, 0.15) is 0 Å². The molecule has 0 fully saturated rings. The average Bonchev–Trinajstić information content (AvgIpc) is 2.11. The zero-order valence-electron chi connectivity index (χ0n) is 9.80. The van der Waals surface area contributed by atoms with Gasteiger partial charge in [-0.1, -0.05) is 18.6 Å². The molecule has 0 radical (unpaired) electrons. The van der Waals surface area contributed by atoms with Gasteiger partial charge in [-0.2, -0.15) is 0 Å². The van der Waals surface area contributed by atoms with E-state index in [1.807, 2.05) is 0 Å². The van der Waals surface area contributed by atoms with E-state index in [0.717, 1.165) is 26.2 Å². The normalized spacial score (nSPS) is 13.0. The number of allylic oxidation sites excluding steroid dienone is 1. The minimum Gasteiger partial charge on any atom is -0.308 e. The third kappa shape index (κ3) is 6.79. The molecule has 2 heteroatoms. The Labute approximate surface area is 83.2 Å². The van der Waals surface area contributed by atoms with Gasteiger partial charge in [-0.15, -0.1) is 0 Å². The number of hydrogen-bond acceptors (Lipinski definition) is 2. The van der Waals surface area contributed by atoms with Gasteiger partial charge in [0.2, 0.25) is 0 Å². The van der Waals surface area contributed by atoms with E-state index in [9.17, 15) is 0 Å². The van der Waals surface area contributed by atoms with Gasteiger partial charge in [-0.05, 0) is 34.5 Å². The smallest absolute Gasteiger partial charge is 0.0190 e. The maximum absolute atomic E-state index is 2.47. The lowest BCUT2D eigenvalue weighted by molar-refractivity contribution is 0.267. The maximum Gasteiger partial charge on any atom is 0.0190 e. The van der Waals surface area contributed by atoms with Gasteiger partial charge in [0.05, 0.1) is 0 Å². The maximum atomic E-state index is 2.47. The summed E-state index contributed by atoms with van der Waals surface area (Å²) in [5, 5.41) is 0. The Morgan fingerprint density at radius 1 is 1.23 bits per heavy atom. The van der Waals surface area contributed by atoms with Gasteiger partial charge in [-0.3, -0.25) is 4.90 Å². The first kappa shape index (κ1) is 12.7. The lowest BCUT2D eigenvalue weighted by atomic mass is 10.2. The van der Waals surface area contributed by atoms with E-state index >= 15 is 0 Å². The van der Waals surface area contributed by atoms with Crippen molar-refractivity contribution in [3.63, 3.8) is 0 Å². The Morgan fingerprint density at radius 3 is 2.23 bits per heavy atom. The van der Waals surface area contributed by atoms with Crippen LogP contribution in [0.3, 0.4) is 0 Å². The fourth-order valence-electron chi connectivity index (χ4n) is 1.13. The lowest BCUT2D eigenvalue weighted by Gasteiger charge is -2.22. The molecular formula is C11H24N2. The molecule has 2 nitrogen and oxygen atoms in total. The van der Waals surface area contributed by atoms with Crippen molar-refractivity contribution in [2.24, 2.45) is 0 Å². The van der Waals surface area contributed by atoms with E-state index < -0.39 is 0 Å². The molecule has 0 atom stereocenters. The fourth-order valence-corrected chi connectivity index (χ4v) is 1.13. The van der Waals surface area contributed by atoms with Crippen LogP contribution in [-0.4, -0.2) is 50.1 Å². The summed E-state index contributed by atoms with van der Waals surface area (Å²) in [7, 11) is 4.24. The highest BCUT2D eigenvalue weighted by atomic mass is 15.2. The Kier molecular flexibility index (Phi) is 6.92. The molecule has 0 saturated heterocycles. The zero-order chi connectivity index (χ0) is 10.3. The minimum absolute atomic E-state index is 1.11. The van der Waals surface area contributed by atoms with Crippen LogP contribution in [0, 0.1) is 0 Å². The Balaban J connectivity index is 3.76. The van der Waals surface area contributed by atoms with Crippen LogP contribution in [-0.2, 0) is 0 Å². The highest BCUT2D eigenvalue weighted by Gasteiger charge is 2.02. The van der Waals surface area contributed by atoms with Crippen molar-refractivity contribution in [2.45, 2.75) is 20.8 Å². The second-order valence-corrected chi connectivity index (χ2v) is 3.81. The summed E-state index contributed by atoms with van der Waals surface area (Å²) >= 11 is 0. The van der Waals surface area contributed by atoms with E-state index in [-0.39, 0.29) is 0 Å². The van der Waals surface area contributed by atoms with E-state index in [1.54, 1.807) is 0 Å². The van der Waals surface area contributed by atoms with E-state index in [0.29, 0.717) is 0 Å². The summed E-state index contributed by atoms with van der Waals surface area (Å²) in [6.07, 6.45) is 2.19. The Hall–Kier alpha value is -0.340. The summed E-state index contributed by atoms with van der Waals surface area (Å²) in [4.78, 5) is 4.70. The third-order valence-electron chi connectivity index (χ3n) is 2.28. The average molecular weight is 184 g/mol. The van der Waals surface area contributed by atoms with Crippen molar-refractivity contribution in [1.82, 2.24) is 9.80 Å². The summed E-state index contributed by atoms with van der Waals surface area (Å²) in [6, 6.07) is 0. The number of nitrogens with zero attached hydrogens (tertiary/aromatic N) is 2. The predicted octanol–water partition coefficient (Wildman–Crippen LogP) is 1.84. The minimum atomic E-state index is 1.11. The van der Waals surface area contributed by atoms with Crippen molar-refractivity contribution >= 4 is 0 Å². The molecule has 0 aromatic carbocycles. The quantitative estimate of drug-likeness (QED) is 0.581. The SMILES string of the molecule is CC=C(C)CN(CC)CCN(C)C. The van der Waals surface area contributed by atoms with Crippen LogP contribution in [0.4, 0.5) is 0 Å². The van der Waals surface area contributed by atoms with Crippen LogP contribution in [0.5, 0.6) is 0 Å². The number of likely N-dealkylation sites (N-methyl/N-ethyl adjacent to an activating group) is 2. The number of hydrogen-bond donors (Lipinski definition) is 0. The van der Waals surface area contributed by atoms with Crippen LogP contribution >= 0.6 is 0 Å². The molecule has 0 aliphatic heterocycles. The summed E-state index contributed by atoms with van der Waals surface area (Å²) in [5.74, 6) is 0. The Morgan fingerprint density at radius 2 is 1.85 bits per heavy atom. The molecule has 78 valence electrons. The number of rotatable bonds is 6. The summed E-state index contributed by atoms with van der Waals surface area (Å²) in [6.45, 7) is 11.1. The van der Waals surface area contributed by atoms with Crippen molar-refractivity contribution in [3.8, 4) is 0 Å². The summed E-state index contributed by atoms with van der Waals surface area (Å²) in [5.41, 5.74) is 1.46. The van der Waals surface area contributed by atoms with E-state index in [4.69, 9.17) is 0 Å². The molecule has 0 bridgehead atoms. The van der Waals surface area contributed by atoms with Gasteiger partial charge >= 0.3 is 0 Å². The first-order valence-corrected chi connectivity index (χ1v) is 5.09. The largest absolute Gasteiger partial charge is 0.308 e. The monoisotopic (exact) mass is 184 g/mol. The molecular weight excluding hydrogens is 160 g/mol. The predicted molar refractivity (Wildman–Crippen MR) is 60.1 cm³/mol.